The van der Waals surface area contributed by atoms with Crippen LogP contribution in [0.3, 0.4) is 0 Å². The quantitative estimate of drug-likeness (QED) is 0.239. The van der Waals surface area contributed by atoms with Gasteiger partial charge in [0.25, 0.3) is 5.91 Å². The largest absolute Gasteiger partial charge is 2.00 e. The molecule has 0 saturated carbocycles. The number of nitrogens with one attached hydrogen (secondary N) is 1. The summed E-state index contributed by atoms with van der Waals surface area (Å²) >= 11 is 0. The van der Waals surface area contributed by atoms with Gasteiger partial charge in [0.05, 0.1) is 7.11 Å². The van der Waals surface area contributed by atoms with Gasteiger partial charge in [-0.25, -0.2) is 5.84 Å². The zero-order chi connectivity index (χ0) is 8.97. The number of hydrogen-bond donors (Lipinski definition) is 3. The zero-order valence-corrected chi connectivity index (χ0v) is 12.3. The summed E-state index contributed by atoms with van der Waals surface area (Å²) in [4.78, 5) is 11.0. The van der Waals surface area contributed by atoms with Gasteiger partial charge >= 0.3 is 21.1 Å². The predicted octanol–water partition coefficient (Wildman–Crippen LogP) is -5.53. The molecular formula is C8H13Cl2N3O2Pt. The van der Waals surface area contributed by atoms with Crippen LogP contribution in [0.4, 0.5) is 0 Å². The van der Waals surface area contributed by atoms with E-state index in [2.05, 4.69) is 0 Å². The molecule has 0 aromatic heterocycles. The number of carbonyl (C=O) groups excluding carboxylic acids is 1. The summed E-state index contributed by atoms with van der Waals surface area (Å²) in [6.07, 6.45) is 0. The molecule has 0 spiro atoms. The molecule has 0 aliphatic heterocycles. The number of nitrogen functional groups attached to an aromatic ring is 1. The number of hydrogen-bond acceptors (Lipinski definition) is 4. The van der Waals surface area contributed by atoms with Crippen LogP contribution < -0.4 is 47.0 Å². The van der Waals surface area contributed by atoms with E-state index in [1.165, 1.54) is 0 Å². The Bertz CT molecular complexity index is 302. The van der Waals surface area contributed by atoms with E-state index < -0.39 is 0 Å². The molecule has 0 heterocycles. The second-order valence-corrected chi connectivity index (χ2v) is 2.21. The Balaban J connectivity index is -0.000000180. The minimum atomic E-state index is -0.325. The van der Waals surface area contributed by atoms with Gasteiger partial charge in [0, 0.05) is 5.56 Å². The van der Waals surface area contributed by atoms with Crippen LogP contribution in [0.15, 0.2) is 24.3 Å². The maximum Gasteiger partial charge on any atom is 2.00 e. The van der Waals surface area contributed by atoms with Crippen LogP contribution in [0.2, 0.25) is 0 Å². The number of hydrazine groups is 1. The molecule has 0 aliphatic rings. The first-order valence-electron chi connectivity index (χ1n) is 3.43. The number of halogens is 2. The summed E-state index contributed by atoms with van der Waals surface area (Å²) in [6.45, 7) is 0. The van der Waals surface area contributed by atoms with Gasteiger partial charge < -0.3 is 35.7 Å². The van der Waals surface area contributed by atoms with E-state index in [9.17, 15) is 4.79 Å². The summed E-state index contributed by atoms with van der Waals surface area (Å²) in [7, 11) is 1.54. The molecule has 0 aliphatic carbocycles. The van der Waals surface area contributed by atoms with Crippen molar-refractivity contribution in [2.24, 2.45) is 5.84 Å². The zero-order valence-electron chi connectivity index (χ0n) is 8.48. The van der Waals surface area contributed by atoms with Gasteiger partial charge in [0.15, 0.2) is 0 Å². The van der Waals surface area contributed by atoms with Gasteiger partial charge in [-0.15, -0.1) is 0 Å². The molecule has 1 aromatic carbocycles. The van der Waals surface area contributed by atoms with E-state index >= 15 is 0 Å². The van der Waals surface area contributed by atoms with Crippen LogP contribution in [0.1, 0.15) is 10.4 Å². The van der Waals surface area contributed by atoms with Gasteiger partial charge in [-0.1, -0.05) is 6.07 Å². The molecule has 96 valence electrons. The molecule has 16 heavy (non-hydrogen) atoms. The Hall–Kier alpha value is -0.322. The van der Waals surface area contributed by atoms with Crippen molar-refractivity contribution in [1.82, 2.24) is 11.6 Å². The second-order valence-electron chi connectivity index (χ2n) is 2.21. The SMILES string of the molecule is COc1cccc(C(=O)NN)c1.N.[Cl-].[Cl-].[Pt+2]. The molecule has 0 radical (unpaired) electrons. The molecule has 0 bridgehead atoms. The number of benzene rings is 1. The van der Waals surface area contributed by atoms with Gasteiger partial charge in [0.2, 0.25) is 0 Å². The monoisotopic (exact) mass is 448 g/mol. The number of rotatable bonds is 2. The third-order valence-corrected chi connectivity index (χ3v) is 1.46. The topological polar surface area (TPSA) is 99.3 Å². The van der Waals surface area contributed by atoms with E-state index in [4.69, 9.17) is 10.6 Å². The van der Waals surface area contributed by atoms with Gasteiger partial charge in [-0.2, -0.15) is 0 Å². The molecule has 1 aromatic rings. The predicted molar refractivity (Wildman–Crippen MR) is 49.7 cm³/mol. The standard InChI is InChI=1S/C8H10N2O2.2ClH.H3N.Pt/c1-12-7-4-2-3-6(5-7)8(11)10-9;;;;/h2-5H,9H2,1H3,(H,10,11);2*1H;1H3;/q;;;;+2/p-2. The van der Waals surface area contributed by atoms with Gasteiger partial charge in [0.1, 0.15) is 5.75 Å². The molecule has 1 rings (SSSR count). The molecule has 5 nitrogen and oxygen atoms in total. The molecule has 8 heteroatoms. The number of ether oxygens (including phenoxy) is 1. The number of nitrogens with two attached hydrogens (primary N) is 1. The maximum absolute atomic E-state index is 11.0. The minimum absolute atomic E-state index is 0. The summed E-state index contributed by atoms with van der Waals surface area (Å²) in [5.41, 5.74) is 2.52. The van der Waals surface area contributed by atoms with Crippen LogP contribution in [-0.2, 0) is 21.1 Å². The molecule has 0 atom stereocenters. The molecule has 0 saturated heterocycles. The van der Waals surface area contributed by atoms with Crippen molar-refractivity contribution < 1.29 is 55.4 Å². The van der Waals surface area contributed by atoms with Crippen LogP contribution >= 0.6 is 0 Å². The van der Waals surface area contributed by atoms with Crippen LogP contribution in [-0.4, -0.2) is 13.0 Å². The summed E-state index contributed by atoms with van der Waals surface area (Å²) in [5, 5.41) is 0. The Kier molecular flexibility index (Phi) is 19.7. The number of carbonyl (C=O) groups is 1. The summed E-state index contributed by atoms with van der Waals surface area (Å²) in [5.74, 6) is 5.27. The van der Waals surface area contributed by atoms with Crippen LogP contribution in [0.5, 0.6) is 5.75 Å². The second kappa shape index (κ2) is 12.7. The number of methoxy groups -OCH3 is 1. The molecular weight excluding hydrogens is 436 g/mol. The number of amides is 1. The van der Waals surface area contributed by atoms with Crippen molar-refractivity contribution >= 4 is 5.91 Å². The van der Waals surface area contributed by atoms with E-state index in [-0.39, 0.29) is 57.9 Å². The summed E-state index contributed by atoms with van der Waals surface area (Å²) < 4.78 is 4.93. The van der Waals surface area contributed by atoms with Gasteiger partial charge in [-0.3, -0.25) is 10.2 Å². The molecule has 6 N–H and O–H groups in total. The average molecular weight is 449 g/mol. The molecule has 0 fully saturated rings. The Labute approximate surface area is 121 Å². The smallest absolute Gasteiger partial charge is 1.00 e. The minimum Gasteiger partial charge on any atom is -1.00 e. The summed E-state index contributed by atoms with van der Waals surface area (Å²) in [6, 6.07) is 6.75. The van der Waals surface area contributed by atoms with Crippen molar-refractivity contribution in [3.05, 3.63) is 29.8 Å². The van der Waals surface area contributed by atoms with Crippen molar-refractivity contribution in [3.63, 3.8) is 0 Å². The first-order valence-corrected chi connectivity index (χ1v) is 3.43. The fourth-order valence-electron chi connectivity index (χ4n) is 0.848. The molecule has 0 unspecified atom stereocenters. The first-order chi connectivity index (χ1) is 5.77. The Morgan fingerprint density at radius 2 is 1.94 bits per heavy atom. The molecule has 1 amide bonds. The third-order valence-electron chi connectivity index (χ3n) is 1.46. The van der Waals surface area contributed by atoms with Crippen molar-refractivity contribution in [2.75, 3.05) is 7.11 Å². The Morgan fingerprint density at radius 1 is 1.38 bits per heavy atom. The maximum atomic E-state index is 11.0. The van der Waals surface area contributed by atoms with Crippen molar-refractivity contribution in [3.8, 4) is 5.75 Å². The average Bonchev–Trinajstić information content (AvgIpc) is 2.17. The third kappa shape index (κ3) is 7.04. The normalized spacial score (nSPS) is 6.88. The van der Waals surface area contributed by atoms with E-state index in [1.807, 2.05) is 5.43 Å². The van der Waals surface area contributed by atoms with E-state index in [0.29, 0.717) is 11.3 Å². The van der Waals surface area contributed by atoms with Crippen LogP contribution in [0, 0.1) is 0 Å². The van der Waals surface area contributed by atoms with Gasteiger partial charge in [-0.05, 0) is 18.2 Å². The van der Waals surface area contributed by atoms with E-state index in [0.717, 1.165) is 0 Å². The fourth-order valence-corrected chi connectivity index (χ4v) is 0.848. The van der Waals surface area contributed by atoms with E-state index in [1.54, 1.807) is 31.4 Å². The Morgan fingerprint density at radius 3 is 2.38 bits per heavy atom. The van der Waals surface area contributed by atoms with Crippen molar-refractivity contribution in [1.29, 1.82) is 0 Å². The van der Waals surface area contributed by atoms with Crippen LogP contribution in [0.25, 0.3) is 0 Å². The van der Waals surface area contributed by atoms with Crippen molar-refractivity contribution in [2.45, 2.75) is 0 Å². The fraction of sp³-hybridized carbons (Fsp3) is 0.125. The first kappa shape index (κ1) is 24.8.